The number of pyridine rings is 1. The molecule has 3 aliphatic heterocycles. The Labute approximate surface area is 244 Å². The summed E-state index contributed by atoms with van der Waals surface area (Å²) in [6.45, 7) is 9.07. The second kappa shape index (κ2) is 10.2. The fourth-order valence-electron chi connectivity index (χ4n) is 6.05. The van der Waals surface area contributed by atoms with Gasteiger partial charge in [0.1, 0.15) is 30.4 Å². The molecule has 0 spiro atoms. The number of ether oxygens (including phenoxy) is 3. The van der Waals surface area contributed by atoms with Crippen LogP contribution in [0.5, 0.6) is 11.8 Å². The maximum absolute atomic E-state index is 16.7. The van der Waals surface area contributed by atoms with Crippen LogP contribution in [0, 0.1) is 18.2 Å². The second-order valence-corrected chi connectivity index (χ2v) is 12.1. The molecule has 2 fully saturated rings. The lowest BCUT2D eigenvalue weighted by Crippen LogP contribution is -2.63. The van der Waals surface area contributed by atoms with Gasteiger partial charge >= 0.3 is 12.2 Å². The first-order valence-corrected chi connectivity index (χ1v) is 14.1. The Morgan fingerprint density at radius 3 is 2.64 bits per heavy atom. The summed E-state index contributed by atoms with van der Waals surface area (Å²) < 4.78 is 77.1. The van der Waals surface area contributed by atoms with E-state index in [1.165, 1.54) is 6.92 Å². The molecule has 2 saturated heterocycles. The Hall–Kier alpha value is -3.16. The molecule has 0 bridgehead atoms. The molecule has 1 aromatic carbocycles. The molecule has 0 radical (unpaired) electrons. The van der Waals surface area contributed by atoms with E-state index < -0.39 is 28.8 Å². The molecule has 6 rings (SSSR count). The monoisotopic (exact) mass is 610 g/mol. The van der Waals surface area contributed by atoms with Gasteiger partial charge in [0, 0.05) is 24.0 Å². The lowest BCUT2D eigenvalue weighted by molar-refractivity contribution is -0.137. The van der Waals surface area contributed by atoms with E-state index in [-0.39, 0.29) is 75.8 Å². The summed E-state index contributed by atoms with van der Waals surface area (Å²) in [5.74, 6) is -1.000. The van der Waals surface area contributed by atoms with Crippen LogP contribution in [0.3, 0.4) is 0 Å². The number of hydrogen-bond donors (Lipinski definition) is 2. The van der Waals surface area contributed by atoms with Crippen LogP contribution >= 0.6 is 11.6 Å². The summed E-state index contributed by atoms with van der Waals surface area (Å²) in [4.78, 5) is 15.0. The highest BCUT2D eigenvalue weighted by atomic mass is 35.5. The average molecular weight is 611 g/mol. The molecule has 9 nitrogen and oxygen atoms in total. The van der Waals surface area contributed by atoms with Crippen molar-refractivity contribution in [2.45, 2.75) is 58.4 Å². The van der Waals surface area contributed by atoms with Gasteiger partial charge in [-0.3, -0.25) is 0 Å². The fraction of sp³-hybridized carbons (Fsp3) is 0.536. The number of aromatic nitrogens is 3. The smallest absolute Gasteiger partial charge is 0.418 e. The van der Waals surface area contributed by atoms with Gasteiger partial charge in [0.15, 0.2) is 11.6 Å². The van der Waals surface area contributed by atoms with Crippen molar-refractivity contribution in [3.8, 4) is 23.0 Å². The highest BCUT2D eigenvalue weighted by Crippen LogP contribution is 2.51. The topological polar surface area (TPSA) is 108 Å². The van der Waals surface area contributed by atoms with Gasteiger partial charge in [-0.15, -0.1) is 0 Å². The van der Waals surface area contributed by atoms with Gasteiger partial charge in [0.2, 0.25) is 0 Å². The number of aryl methyl sites for hydroxylation is 1. The molecule has 3 aliphatic rings. The van der Waals surface area contributed by atoms with Crippen molar-refractivity contribution in [2.75, 3.05) is 43.6 Å². The van der Waals surface area contributed by atoms with Gasteiger partial charge < -0.3 is 30.2 Å². The number of anilines is 2. The third-order valence-corrected chi connectivity index (χ3v) is 8.46. The van der Waals surface area contributed by atoms with Crippen LogP contribution in [0.15, 0.2) is 6.07 Å². The van der Waals surface area contributed by atoms with E-state index in [9.17, 15) is 13.2 Å². The zero-order valence-corrected chi connectivity index (χ0v) is 24.3. The molecule has 3 atom stereocenters. The molecule has 42 heavy (non-hydrogen) atoms. The first-order valence-electron chi connectivity index (χ1n) is 13.7. The zero-order chi connectivity index (χ0) is 30.1. The molecule has 226 valence electrons. The molecule has 3 N–H and O–H groups in total. The maximum Gasteiger partial charge on any atom is 0.418 e. The van der Waals surface area contributed by atoms with Crippen molar-refractivity contribution >= 4 is 34.1 Å². The molecule has 5 heterocycles. The van der Waals surface area contributed by atoms with Crippen molar-refractivity contribution in [1.29, 1.82) is 0 Å². The number of rotatable bonds is 5. The summed E-state index contributed by atoms with van der Waals surface area (Å²) in [6.07, 6.45) is -4.11. The van der Waals surface area contributed by atoms with Crippen LogP contribution < -0.4 is 25.4 Å². The third kappa shape index (κ3) is 4.75. The van der Waals surface area contributed by atoms with E-state index in [4.69, 9.17) is 36.5 Å². The third-order valence-electron chi connectivity index (χ3n) is 8.09. The van der Waals surface area contributed by atoms with Crippen LogP contribution in [0.25, 0.3) is 22.2 Å². The van der Waals surface area contributed by atoms with Crippen molar-refractivity contribution in [3.63, 3.8) is 0 Å². The van der Waals surface area contributed by atoms with Crippen molar-refractivity contribution in [2.24, 2.45) is 5.41 Å². The molecule has 2 aromatic heterocycles. The SMILES string of the molecule is CC[C@@H]1N[C@H](C)CN2c3nc(OCC4(C)COC4)nc4c(F)c(-c5nc(N)cc(C)c5C(F)(F)F)c(Cl)c(c34)OC[C@H]12. The summed E-state index contributed by atoms with van der Waals surface area (Å²) in [6, 6.07) is 0.779. The first-order chi connectivity index (χ1) is 19.8. The number of hydrogen-bond acceptors (Lipinski definition) is 9. The minimum Gasteiger partial charge on any atom is -0.489 e. The number of nitrogens with zero attached hydrogens (tertiary/aromatic N) is 4. The van der Waals surface area contributed by atoms with E-state index >= 15 is 4.39 Å². The highest BCUT2D eigenvalue weighted by Gasteiger charge is 2.43. The van der Waals surface area contributed by atoms with E-state index in [2.05, 4.69) is 15.3 Å². The Balaban J connectivity index is 1.63. The second-order valence-electron chi connectivity index (χ2n) is 11.7. The standard InChI is InChI=1S/C28H31ClF4N6O3/c1-5-14-15-8-41-24-18-23(21(30)17(20(24)29)22-19(28(31,32)33)12(2)6-16(34)36-22)37-26(42-11-27(4)9-40-10-27)38-25(18)39(15)7-13(3)35-14/h6,13-15,35H,5,7-11H2,1-4H3,(H2,34,36)/t13-,14+,15-/m1/s1. The lowest BCUT2D eigenvalue weighted by Gasteiger charge is -2.44. The Kier molecular flexibility index (Phi) is 7.05. The van der Waals surface area contributed by atoms with Crippen LogP contribution in [-0.4, -0.2) is 66.0 Å². The number of alkyl halides is 3. The zero-order valence-electron chi connectivity index (χ0n) is 23.5. The Morgan fingerprint density at radius 1 is 1.26 bits per heavy atom. The van der Waals surface area contributed by atoms with E-state index in [0.29, 0.717) is 25.6 Å². The number of nitrogens with one attached hydrogen (secondary N) is 1. The molecule has 0 amide bonds. The number of fused-ring (bicyclic) bond motifs is 2. The minimum absolute atomic E-state index is 0.0124. The van der Waals surface area contributed by atoms with Gasteiger partial charge in [0.05, 0.1) is 46.5 Å². The number of nitrogen functional groups attached to an aromatic ring is 1. The van der Waals surface area contributed by atoms with Crippen molar-refractivity contribution < 1.29 is 31.8 Å². The fourth-order valence-corrected chi connectivity index (χ4v) is 6.37. The predicted molar refractivity (Wildman–Crippen MR) is 150 cm³/mol. The summed E-state index contributed by atoms with van der Waals surface area (Å²) in [5, 5.41) is 3.35. The lowest BCUT2D eigenvalue weighted by atomic mass is 9.90. The minimum atomic E-state index is -4.87. The van der Waals surface area contributed by atoms with Crippen molar-refractivity contribution in [1.82, 2.24) is 20.3 Å². The molecule has 0 aliphatic carbocycles. The quantitative estimate of drug-likeness (QED) is 0.379. The Bertz CT molecular complexity index is 1570. The molecule has 0 unspecified atom stereocenters. The van der Waals surface area contributed by atoms with Gasteiger partial charge in [-0.1, -0.05) is 25.4 Å². The van der Waals surface area contributed by atoms with E-state index in [1.807, 2.05) is 25.7 Å². The van der Waals surface area contributed by atoms with Crippen LogP contribution in [0.1, 0.15) is 38.3 Å². The maximum atomic E-state index is 16.7. The normalized spacial score (nSPS) is 23.2. The number of halogens is 5. The van der Waals surface area contributed by atoms with Crippen LogP contribution in [-0.2, 0) is 10.9 Å². The molecular weight excluding hydrogens is 580 g/mol. The van der Waals surface area contributed by atoms with Gasteiger partial charge in [-0.05, 0) is 31.9 Å². The average Bonchev–Trinajstić information content (AvgIpc) is 3.05. The molecule has 3 aromatic rings. The van der Waals surface area contributed by atoms with Crippen LogP contribution in [0.4, 0.5) is 29.2 Å². The van der Waals surface area contributed by atoms with E-state index in [1.54, 1.807) is 0 Å². The van der Waals surface area contributed by atoms with Gasteiger partial charge in [0.25, 0.3) is 0 Å². The van der Waals surface area contributed by atoms with Gasteiger partial charge in [-0.2, -0.15) is 23.1 Å². The largest absolute Gasteiger partial charge is 0.489 e. The molecule has 14 heteroatoms. The molecule has 0 saturated carbocycles. The van der Waals surface area contributed by atoms with Gasteiger partial charge in [-0.25, -0.2) is 9.37 Å². The predicted octanol–water partition coefficient (Wildman–Crippen LogP) is 5.15. The highest BCUT2D eigenvalue weighted by molar-refractivity contribution is 6.36. The molecular formula is C28H31ClF4N6O3. The van der Waals surface area contributed by atoms with Crippen molar-refractivity contribution in [3.05, 3.63) is 28.0 Å². The van der Waals surface area contributed by atoms with E-state index in [0.717, 1.165) is 12.5 Å². The summed E-state index contributed by atoms with van der Waals surface area (Å²) in [7, 11) is 0. The number of benzene rings is 1. The summed E-state index contributed by atoms with van der Waals surface area (Å²) in [5.41, 5.74) is 2.59. The number of nitrogens with two attached hydrogens (primary N) is 1. The number of piperazine rings is 1. The van der Waals surface area contributed by atoms with Crippen LogP contribution in [0.2, 0.25) is 5.02 Å². The first kappa shape index (κ1) is 28.9. The summed E-state index contributed by atoms with van der Waals surface area (Å²) >= 11 is 6.77. The Morgan fingerprint density at radius 2 is 2.00 bits per heavy atom.